The average molecular weight is 462 g/mol. The quantitative estimate of drug-likeness (QED) is 0.500. The highest BCUT2D eigenvalue weighted by Crippen LogP contribution is 2.48. The summed E-state index contributed by atoms with van der Waals surface area (Å²) < 4.78 is 12.0. The van der Waals surface area contributed by atoms with Gasteiger partial charge in [-0.15, -0.1) is 11.8 Å². The zero-order chi connectivity index (χ0) is 22.0. The minimum Gasteiger partial charge on any atom is -0.448 e. The summed E-state index contributed by atoms with van der Waals surface area (Å²) in [6, 6.07) is 5.27. The van der Waals surface area contributed by atoms with Crippen LogP contribution < -0.4 is 11.2 Å². The molecule has 0 spiro atoms. The maximum atomic E-state index is 13.3. The number of rotatable bonds is 3. The highest BCUT2D eigenvalue weighted by Gasteiger charge is 2.38. The first-order valence-electron chi connectivity index (χ1n) is 9.65. The monoisotopic (exact) mass is 461 g/mol. The summed E-state index contributed by atoms with van der Waals surface area (Å²) in [5.74, 6) is 0.592. The van der Waals surface area contributed by atoms with Crippen molar-refractivity contribution >= 4 is 34.3 Å². The lowest BCUT2D eigenvalue weighted by Gasteiger charge is -2.30. The van der Waals surface area contributed by atoms with Crippen LogP contribution in [0.15, 0.2) is 38.4 Å². The normalized spacial score (nSPS) is 18.6. The van der Waals surface area contributed by atoms with Gasteiger partial charge in [0.25, 0.3) is 5.56 Å². The molecule has 0 saturated carbocycles. The zero-order valence-corrected chi connectivity index (χ0v) is 18.6. The number of thioether (sulfide) groups is 1. The van der Waals surface area contributed by atoms with Gasteiger partial charge in [0.05, 0.1) is 28.9 Å². The molecule has 0 amide bonds. The molecule has 0 fully saturated rings. The lowest BCUT2D eigenvalue weighted by atomic mass is 10.2. The van der Waals surface area contributed by atoms with Crippen LogP contribution in [0.1, 0.15) is 16.7 Å². The van der Waals surface area contributed by atoms with Crippen LogP contribution in [0.2, 0.25) is 5.22 Å². The molecule has 11 heteroatoms. The molecule has 2 atom stereocenters. The molecule has 0 aromatic carbocycles. The zero-order valence-electron chi connectivity index (χ0n) is 17.1. The fourth-order valence-electron chi connectivity index (χ4n) is 4.28. The Bertz CT molecular complexity index is 1440. The van der Waals surface area contributed by atoms with E-state index in [1.54, 1.807) is 37.1 Å². The first-order valence-corrected chi connectivity index (χ1v) is 11.0. The number of nitrogens with zero attached hydrogens (tertiary/aromatic N) is 5. The van der Waals surface area contributed by atoms with E-state index >= 15 is 0 Å². The van der Waals surface area contributed by atoms with E-state index in [1.165, 1.54) is 23.4 Å². The highest BCUT2D eigenvalue weighted by atomic mass is 35.5. The van der Waals surface area contributed by atoms with E-state index < -0.39 is 5.69 Å². The van der Waals surface area contributed by atoms with Crippen molar-refractivity contribution in [2.24, 2.45) is 21.1 Å². The van der Waals surface area contributed by atoms with Crippen LogP contribution in [0.25, 0.3) is 22.3 Å². The Morgan fingerprint density at radius 3 is 2.61 bits per heavy atom. The predicted molar refractivity (Wildman–Crippen MR) is 119 cm³/mol. The number of aliphatic hydroxyl groups excluding tert-OH is 1. The first kappa shape index (κ1) is 20.2. The summed E-state index contributed by atoms with van der Waals surface area (Å²) in [5.41, 5.74) is 1.74. The van der Waals surface area contributed by atoms with Crippen LogP contribution in [-0.4, -0.2) is 40.4 Å². The van der Waals surface area contributed by atoms with Gasteiger partial charge in [-0.05, 0) is 29.8 Å². The number of hydrogen-bond donors (Lipinski definition) is 1. The number of fused-ring (bicyclic) bond motifs is 3. The van der Waals surface area contributed by atoms with Crippen molar-refractivity contribution in [2.45, 2.75) is 17.0 Å². The fourth-order valence-corrected chi connectivity index (χ4v) is 5.77. The maximum Gasteiger partial charge on any atom is 0.331 e. The number of halogens is 1. The van der Waals surface area contributed by atoms with E-state index in [0.29, 0.717) is 34.6 Å². The Morgan fingerprint density at radius 1 is 1.23 bits per heavy atom. The predicted octanol–water partition coefficient (Wildman–Crippen LogP) is 1.88. The Kier molecular flexibility index (Phi) is 4.68. The molecule has 0 bridgehead atoms. The molecule has 1 aliphatic rings. The third-order valence-corrected chi connectivity index (χ3v) is 7.29. The van der Waals surface area contributed by atoms with Crippen LogP contribution in [0.3, 0.4) is 0 Å². The molecule has 0 unspecified atom stereocenters. The van der Waals surface area contributed by atoms with E-state index in [-0.39, 0.29) is 27.9 Å². The van der Waals surface area contributed by atoms with Gasteiger partial charge >= 0.3 is 5.69 Å². The van der Waals surface area contributed by atoms with Gasteiger partial charge in [-0.25, -0.2) is 4.79 Å². The molecule has 0 aliphatic carbocycles. The molecule has 0 saturated heterocycles. The number of hydrogen-bond acceptors (Lipinski definition) is 6. The molecular weight excluding hydrogens is 442 g/mol. The largest absolute Gasteiger partial charge is 0.448 e. The van der Waals surface area contributed by atoms with E-state index in [2.05, 4.69) is 5.10 Å². The van der Waals surface area contributed by atoms with Crippen molar-refractivity contribution in [3.63, 3.8) is 0 Å². The molecule has 1 N–H and O–H groups in total. The standard InChI is InChI=1S/C20H20ClN5O4S/c1-23-7-6-11(22-23)15-14-16(24(2)20(29)25(3)19(14)28)17-18(12-4-5-13(21)30-12)31-10(9-27)8-26(15)17/h4-7,10,18,27H,8-9H2,1-3H3/t10-,18+/m1/s1. The Hall–Kier alpha value is -2.69. The second-order valence-corrected chi connectivity index (χ2v) is 9.39. The number of aryl methyl sites for hydroxylation is 2. The molecule has 162 valence electrons. The summed E-state index contributed by atoms with van der Waals surface area (Å²) >= 11 is 7.57. The third-order valence-electron chi connectivity index (χ3n) is 5.68. The van der Waals surface area contributed by atoms with Crippen molar-refractivity contribution in [3.05, 3.63) is 61.9 Å². The van der Waals surface area contributed by atoms with E-state index in [1.807, 2.05) is 10.6 Å². The Labute approximate surface area is 185 Å². The van der Waals surface area contributed by atoms with Crippen molar-refractivity contribution in [2.75, 3.05) is 6.61 Å². The van der Waals surface area contributed by atoms with E-state index in [9.17, 15) is 14.7 Å². The number of furan rings is 1. The Balaban J connectivity index is 1.96. The van der Waals surface area contributed by atoms with Crippen molar-refractivity contribution in [1.82, 2.24) is 23.5 Å². The molecule has 4 aromatic rings. The summed E-state index contributed by atoms with van der Waals surface area (Å²) in [4.78, 5) is 26.1. The van der Waals surface area contributed by atoms with E-state index in [0.717, 1.165) is 10.3 Å². The van der Waals surface area contributed by atoms with Gasteiger partial charge in [0.1, 0.15) is 16.7 Å². The van der Waals surface area contributed by atoms with Crippen LogP contribution in [0.4, 0.5) is 0 Å². The average Bonchev–Trinajstić information content (AvgIpc) is 3.46. The van der Waals surface area contributed by atoms with Gasteiger partial charge in [-0.1, -0.05) is 0 Å². The highest BCUT2D eigenvalue weighted by molar-refractivity contribution is 8.00. The molecule has 5 rings (SSSR count). The summed E-state index contributed by atoms with van der Waals surface area (Å²) in [6.07, 6.45) is 1.80. The van der Waals surface area contributed by atoms with Gasteiger partial charge in [0.15, 0.2) is 5.22 Å². The van der Waals surface area contributed by atoms with Crippen LogP contribution in [0.5, 0.6) is 0 Å². The lowest BCUT2D eigenvalue weighted by Crippen LogP contribution is -2.37. The van der Waals surface area contributed by atoms with Gasteiger partial charge < -0.3 is 14.1 Å². The van der Waals surface area contributed by atoms with Gasteiger partial charge in [-0.3, -0.25) is 18.6 Å². The first-order chi connectivity index (χ1) is 14.8. The lowest BCUT2D eigenvalue weighted by molar-refractivity contribution is 0.283. The Morgan fingerprint density at radius 2 is 2.00 bits per heavy atom. The smallest absolute Gasteiger partial charge is 0.331 e. The number of aromatic nitrogens is 5. The summed E-state index contributed by atoms with van der Waals surface area (Å²) in [6.45, 7) is 0.404. The SMILES string of the molecule is Cn1ccc(-c2c3c(=O)n(C)c(=O)n(C)c3c3n2C[C@H](CO)S[C@H]3c2ccc(Cl)o2)n1. The van der Waals surface area contributed by atoms with Gasteiger partial charge in [-0.2, -0.15) is 5.10 Å². The minimum atomic E-state index is -0.413. The maximum absolute atomic E-state index is 13.3. The van der Waals surface area contributed by atoms with Crippen LogP contribution >= 0.6 is 23.4 Å². The molecule has 9 nitrogen and oxygen atoms in total. The van der Waals surface area contributed by atoms with Crippen molar-refractivity contribution in [1.29, 1.82) is 0 Å². The topological polar surface area (TPSA) is 100 Å². The molecule has 0 radical (unpaired) electrons. The summed E-state index contributed by atoms with van der Waals surface area (Å²) in [5, 5.41) is 14.7. The molecule has 5 heterocycles. The van der Waals surface area contributed by atoms with Crippen molar-refractivity contribution in [3.8, 4) is 11.4 Å². The molecular formula is C20H20ClN5O4S. The van der Waals surface area contributed by atoms with Crippen LogP contribution in [-0.2, 0) is 27.7 Å². The molecule has 4 aromatic heterocycles. The molecule has 31 heavy (non-hydrogen) atoms. The minimum absolute atomic E-state index is 0.0534. The second kappa shape index (κ2) is 7.18. The van der Waals surface area contributed by atoms with Gasteiger partial charge in [0, 0.05) is 39.1 Å². The van der Waals surface area contributed by atoms with E-state index in [4.69, 9.17) is 16.0 Å². The third kappa shape index (κ3) is 2.93. The molecule has 1 aliphatic heterocycles. The van der Waals surface area contributed by atoms with Crippen LogP contribution in [0, 0.1) is 0 Å². The fraction of sp³-hybridized carbons (Fsp3) is 0.350. The number of aliphatic hydroxyl groups is 1. The van der Waals surface area contributed by atoms with Gasteiger partial charge in [0.2, 0.25) is 0 Å². The summed E-state index contributed by atoms with van der Waals surface area (Å²) in [7, 11) is 4.93. The van der Waals surface area contributed by atoms with Crippen molar-refractivity contribution < 1.29 is 9.52 Å². The second-order valence-electron chi connectivity index (χ2n) is 7.61.